The highest BCUT2D eigenvalue weighted by Gasteiger charge is 2.57. The van der Waals surface area contributed by atoms with E-state index < -0.39 is 50.2 Å². The van der Waals surface area contributed by atoms with E-state index in [1.165, 1.54) is 17.0 Å². The van der Waals surface area contributed by atoms with E-state index in [2.05, 4.69) is 33.2 Å². The molecule has 9 nitrogen and oxygen atoms in total. The molecule has 1 unspecified atom stereocenters. The zero-order valence-electron chi connectivity index (χ0n) is 22.4. The van der Waals surface area contributed by atoms with E-state index in [9.17, 15) is 27.6 Å². The van der Waals surface area contributed by atoms with Gasteiger partial charge in [0.15, 0.2) is 9.84 Å². The van der Waals surface area contributed by atoms with Crippen molar-refractivity contribution in [3.63, 3.8) is 0 Å². The van der Waals surface area contributed by atoms with Crippen LogP contribution in [0.2, 0.25) is 5.02 Å². The number of likely N-dealkylation sites (tertiary alicyclic amines) is 1. The zero-order valence-corrected chi connectivity index (χ0v) is 26.2. The van der Waals surface area contributed by atoms with Gasteiger partial charge in [-0.3, -0.25) is 19.2 Å². The van der Waals surface area contributed by atoms with E-state index in [0.29, 0.717) is 12.8 Å². The van der Waals surface area contributed by atoms with Crippen molar-refractivity contribution in [3.05, 3.63) is 62.7 Å². The lowest BCUT2D eigenvalue weighted by atomic mass is 9.94. The molecule has 41 heavy (non-hydrogen) atoms. The maximum absolute atomic E-state index is 14.1. The summed E-state index contributed by atoms with van der Waals surface area (Å²) < 4.78 is 28.4. The van der Waals surface area contributed by atoms with Gasteiger partial charge in [0.1, 0.15) is 6.04 Å². The number of sulfone groups is 1. The summed E-state index contributed by atoms with van der Waals surface area (Å²) >= 11 is 8.42. The van der Waals surface area contributed by atoms with E-state index in [4.69, 9.17) is 11.6 Å². The number of amides is 3. The first-order chi connectivity index (χ1) is 19.5. The molecule has 0 spiro atoms. The average molecular weight is 712 g/mol. The summed E-state index contributed by atoms with van der Waals surface area (Å²) in [5.41, 5.74) is -0.0198. The highest BCUT2D eigenvalue weighted by Crippen LogP contribution is 2.51. The topological polar surface area (TPSA) is 130 Å². The van der Waals surface area contributed by atoms with Gasteiger partial charge in [0, 0.05) is 16.2 Å². The molecule has 0 bridgehead atoms. The molecule has 2 N–H and O–H groups in total. The van der Waals surface area contributed by atoms with E-state index in [1.54, 1.807) is 19.1 Å². The number of ketones is 1. The molecular weight excluding hydrogens is 681 g/mol. The molecule has 3 fully saturated rings. The fourth-order valence-electron chi connectivity index (χ4n) is 5.41. The van der Waals surface area contributed by atoms with Gasteiger partial charge in [-0.1, -0.05) is 42.8 Å². The third-order valence-electron chi connectivity index (χ3n) is 8.14. The summed E-state index contributed by atoms with van der Waals surface area (Å²) in [6.07, 6.45) is 2.78. The number of carbonyl (C=O) groups excluding carboxylic acids is 4. The first-order valence-electron chi connectivity index (χ1n) is 13.7. The van der Waals surface area contributed by atoms with Crippen LogP contribution in [0.5, 0.6) is 0 Å². The number of rotatable bonds is 10. The molecule has 2 aromatic rings. The zero-order chi connectivity index (χ0) is 29.5. The predicted molar refractivity (Wildman–Crippen MR) is 161 cm³/mol. The fraction of sp³-hybridized carbons (Fsp3) is 0.448. The monoisotopic (exact) mass is 711 g/mol. The summed E-state index contributed by atoms with van der Waals surface area (Å²) in [4.78, 5) is 54.3. The van der Waals surface area contributed by atoms with E-state index >= 15 is 0 Å². The Morgan fingerprint density at radius 1 is 1.07 bits per heavy atom. The van der Waals surface area contributed by atoms with Gasteiger partial charge in [0.25, 0.3) is 5.91 Å². The lowest BCUT2D eigenvalue weighted by Gasteiger charge is -2.29. The van der Waals surface area contributed by atoms with Gasteiger partial charge in [-0.25, -0.2) is 8.42 Å². The van der Waals surface area contributed by atoms with Gasteiger partial charge in [-0.15, -0.1) is 0 Å². The Morgan fingerprint density at radius 3 is 2.32 bits per heavy atom. The van der Waals surface area contributed by atoms with Crippen molar-refractivity contribution < 1.29 is 27.6 Å². The second-order valence-corrected chi connectivity index (χ2v) is 14.8. The number of Topliss-reactive ketones (excluding diaryl/α,β-unsaturated/α-hetero) is 1. The fourth-order valence-corrected chi connectivity index (χ4v) is 7.99. The Bertz CT molecular complexity index is 1490. The number of benzene rings is 2. The predicted octanol–water partition coefficient (Wildman–Crippen LogP) is 3.16. The molecule has 1 aliphatic heterocycles. The minimum atomic E-state index is -4.01. The number of halogens is 2. The van der Waals surface area contributed by atoms with Crippen molar-refractivity contribution >= 4 is 67.5 Å². The van der Waals surface area contributed by atoms with Gasteiger partial charge in [-0.05, 0) is 90.9 Å². The minimum absolute atomic E-state index is 0.0191. The molecular formula is C29H31ClIN3O6S. The summed E-state index contributed by atoms with van der Waals surface area (Å²) in [5, 5.41) is 4.27. The molecule has 3 aliphatic rings. The standard InChI is InChI=1S/C29H31ClIN3O6S/c1-2-22(25(35)27(37)32-19-11-12-19)33-26(36)23-15-20(41(39,40)24-6-4-3-5-21(24)30)16-34(23)28(38)29(13-14-29)17-7-9-18(31)10-8-17/h3-10,19-20,22-23H,2,11-16H2,1H3,(H,32,37)(H,33,36)/t20-,22?,23+/m1/s1. The molecule has 3 atom stereocenters. The van der Waals surface area contributed by atoms with Gasteiger partial charge in [0.2, 0.25) is 17.6 Å². The van der Waals surface area contributed by atoms with Crippen LogP contribution in [0.3, 0.4) is 0 Å². The summed E-state index contributed by atoms with van der Waals surface area (Å²) in [6, 6.07) is 11.4. The summed E-state index contributed by atoms with van der Waals surface area (Å²) in [5.74, 6) is -2.50. The van der Waals surface area contributed by atoms with Crippen molar-refractivity contribution in [2.24, 2.45) is 0 Å². The highest BCUT2D eigenvalue weighted by molar-refractivity contribution is 14.1. The molecule has 1 saturated heterocycles. The average Bonchev–Trinajstić information content (AvgIpc) is 3.89. The molecule has 2 aromatic carbocycles. The maximum Gasteiger partial charge on any atom is 0.289 e. The van der Waals surface area contributed by atoms with Crippen LogP contribution < -0.4 is 10.6 Å². The lowest BCUT2D eigenvalue weighted by molar-refractivity contribution is -0.143. The normalized spacial score (nSPS) is 22.1. The van der Waals surface area contributed by atoms with Gasteiger partial charge in [-0.2, -0.15) is 0 Å². The Morgan fingerprint density at radius 2 is 1.73 bits per heavy atom. The molecule has 2 aliphatic carbocycles. The molecule has 3 amide bonds. The van der Waals surface area contributed by atoms with Crippen LogP contribution in [0.25, 0.3) is 0 Å². The van der Waals surface area contributed by atoms with Crippen molar-refractivity contribution in [1.29, 1.82) is 0 Å². The van der Waals surface area contributed by atoms with E-state index in [-0.39, 0.29) is 41.3 Å². The van der Waals surface area contributed by atoms with E-state index in [1.807, 2.05) is 24.3 Å². The van der Waals surface area contributed by atoms with Crippen LogP contribution >= 0.6 is 34.2 Å². The van der Waals surface area contributed by atoms with Gasteiger partial charge in [0.05, 0.1) is 26.6 Å². The molecule has 218 valence electrons. The van der Waals surface area contributed by atoms with Crippen molar-refractivity contribution in [2.75, 3.05) is 6.54 Å². The van der Waals surface area contributed by atoms with Crippen molar-refractivity contribution in [3.8, 4) is 0 Å². The summed E-state index contributed by atoms with van der Waals surface area (Å²) in [7, 11) is -4.01. The van der Waals surface area contributed by atoms with Crippen LogP contribution in [-0.4, -0.2) is 66.7 Å². The van der Waals surface area contributed by atoms with Crippen LogP contribution in [0.1, 0.15) is 51.0 Å². The Kier molecular flexibility index (Phi) is 8.51. The van der Waals surface area contributed by atoms with Crippen LogP contribution in [0.15, 0.2) is 53.4 Å². The minimum Gasteiger partial charge on any atom is -0.347 e. The highest BCUT2D eigenvalue weighted by atomic mass is 127. The second kappa shape index (κ2) is 11.6. The molecule has 12 heteroatoms. The number of carbonyl (C=O) groups is 4. The molecule has 0 aromatic heterocycles. The maximum atomic E-state index is 14.1. The van der Waals surface area contributed by atoms with Crippen LogP contribution in [0.4, 0.5) is 0 Å². The van der Waals surface area contributed by atoms with Crippen LogP contribution in [0, 0.1) is 3.57 Å². The number of hydrogen-bond acceptors (Lipinski definition) is 6. The second-order valence-electron chi connectivity index (χ2n) is 11.0. The first kappa shape index (κ1) is 30.0. The number of nitrogens with zero attached hydrogens (tertiary/aromatic N) is 1. The van der Waals surface area contributed by atoms with Crippen molar-refractivity contribution in [1.82, 2.24) is 15.5 Å². The quantitative estimate of drug-likeness (QED) is 0.288. The molecule has 5 rings (SSSR count). The Balaban J connectivity index is 1.43. The van der Waals surface area contributed by atoms with E-state index in [0.717, 1.165) is 22.0 Å². The van der Waals surface area contributed by atoms with Crippen LogP contribution in [-0.2, 0) is 34.4 Å². The van der Waals surface area contributed by atoms with Gasteiger partial charge >= 0.3 is 0 Å². The smallest absolute Gasteiger partial charge is 0.289 e. The number of hydrogen-bond donors (Lipinski definition) is 2. The largest absolute Gasteiger partial charge is 0.347 e. The lowest BCUT2D eigenvalue weighted by Crippen LogP contribution is -2.54. The Hall–Kier alpha value is -2.51. The van der Waals surface area contributed by atoms with Gasteiger partial charge < -0.3 is 15.5 Å². The molecule has 1 heterocycles. The third-order valence-corrected chi connectivity index (χ3v) is 11.5. The number of nitrogens with one attached hydrogen (secondary N) is 2. The Labute approximate surface area is 257 Å². The molecule has 0 radical (unpaired) electrons. The summed E-state index contributed by atoms with van der Waals surface area (Å²) in [6.45, 7) is 1.48. The third kappa shape index (κ3) is 6.03. The molecule has 2 saturated carbocycles. The van der Waals surface area contributed by atoms with Crippen molar-refractivity contribution in [2.45, 2.75) is 79.1 Å². The SMILES string of the molecule is CCC(NC(=O)[C@@H]1C[C@@H](S(=O)(=O)c2ccccc2Cl)CN1C(=O)C1(c2ccc(I)cc2)CC1)C(=O)C(=O)NC1CC1. The first-order valence-corrected chi connectivity index (χ1v) is 16.7.